The Morgan fingerprint density at radius 3 is 2.73 bits per heavy atom. The van der Waals surface area contributed by atoms with Crippen LogP contribution in [0.5, 0.6) is 0 Å². The summed E-state index contributed by atoms with van der Waals surface area (Å²) >= 11 is 0. The summed E-state index contributed by atoms with van der Waals surface area (Å²) in [6.07, 6.45) is 2.33. The molecule has 2 rings (SSSR count). The normalized spacial score (nSPS) is 26.5. The third-order valence-electron chi connectivity index (χ3n) is 2.96. The van der Waals surface area contributed by atoms with E-state index in [9.17, 15) is 4.39 Å². The van der Waals surface area contributed by atoms with Crippen molar-refractivity contribution >= 4 is 0 Å². The molecule has 2 atom stereocenters. The summed E-state index contributed by atoms with van der Waals surface area (Å²) in [4.78, 5) is 0. The van der Waals surface area contributed by atoms with Crippen molar-refractivity contribution in [2.45, 2.75) is 25.0 Å². The van der Waals surface area contributed by atoms with E-state index in [0.29, 0.717) is 12.1 Å². The lowest BCUT2D eigenvalue weighted by molar-refractivity contribution is 0.0619. The van der Waals surface area contributed by atoms with Crippen LogP contribution in [0, 0.1) is 5.82 Å². The van der Waals surface area contributed by atoms with Gasteiger partial charge in [-0.05, 0) is 37.1 Å². The number of hydrogen-bond donors (Lipinski definition) is 1. The summed E-state index contributed by atoms with van der Waals surface area (Å²) < 4.78 is 18.1. The SMILES string of the molecule is CO[C@H]1CCN[C@@H](c2ccc(F)cc2)C1. The number of ether oxygens (including phenoxy) is 1. The zero-order chi connectivity index (χ0) is 10.7. The number of piperidine rings is 1. The fraction of sp³-hybridized carbons (Fsp3) is 0.500. The van der Waals surface area contributed by atoms with Gasteiger partial charge < -0.3 is 10.1 Å². The van der Waals surface area contributed by atoms with Gasteiger partial charge in [-0.3, -0.25) is 0 Å². The minimum Gasteiger partial charge on any atom is -0.381 e. The van der Waals surface area contributed by atoms with Crippen LogP contribution in [0.3, 0.4) is 0 Å². The Morgan fingerprint density at radius 1 is 1.33 bits per heavy atom. The molecule has 2 nitrogen and oxygen atoms in total. The summed E-state index contributed by atoms with van der Waals surface area (Å²) in [5, 5.41) is 3.42. The van der Waals surface area contributed by atoms with Gasteiger partial charge in [-0.2, -0.15) is 0 Å². The summed E-state index contributed by atoms with van der Waals surface area (Å²) in [6.45, 7) is 0.959. The second-order valence-corrected chi connectivity index (χ2v) is 3.94. The van der Waals surface area contributed by atoms with Crippen LogP contribution in [0.4, 0.5) is 4.39 Å². The zero-order valence-corrected chi connectivity index (χ0v) is 8.87. The topological polar surface area (TPSA) is 21.3 Å². The highest BCUT2D eigenvalue weighted by molar-refractivity contribution is 5.20. The van der Waals surface area contributed by atoms with Crippen molar-refractivity contribution in [2.24, 2.45) is 0 Å². The molecule has 82 valence electrons. The van der Waals surface area contributed by atoms with Gasteiger partial charge in [0.1, 0.15) is 5.82 Å². The Labute approximate surface area is 89.4 Å². The van der Waals surface area contributed by atoms with Gasteiger partial charge in [0.2, 0.25) is 0 Å². The first-order valence-corrected chi connectivity index (χ1v) is 5.31. The highest BCUT2D eigenvalue weighted by Crippen LogP contribution is 2.24. The highest BCUT2D eigenvalue weighted by atomic mass is 19.1. The van der Waals surface area contributed by atoms with Crippen LogP contribution >= 0.6 is 0 Å². The van der Waals surface area contributed by atoms with E-state index >= 15 is 0 Å². The minimum atomic E-state index is -0.183. The summed E-state index contributed by atoms with van der Waals surface area (Å²) in [5.41, 5.74) is 1.14. The van der Waals surface area contributed by atoms with E-state index in [2.05, 4.69) is 5.32 Å². The number of nitrogens with one attached hydrogen (secondary N) is 1. The number of methoxy groups -OCH3 is 1. The smallest absolute Gasteiger partial charge is 0.123 e. The molecular formula is C12H16FNO. The molecule has 0 spiro atoms. The van der Waals surface area contributed by atoms with Crippen LogP contribution < -0.4 is 5.32 Å². The first-order valence-electron chi connectivity index (χ1n) is 5.31. The molecular weight excluding hydrogens is 193 g/mol. The summed E-state index contributed by atoms with van der Waals surface area (Å²) in [5.74, 6) is -0.183. The Morgan fingerprint density at radius 2 is 2.07 bits per heavy atom. The number of halogens is 1. The molecule has 1 saturated heterocycles. The quantitative estimate of drug-likeness (QED) is 0.806. The van der Waals surface area contributed by atoms with Crippen molar-refractivity contribution in [1.29, 1.82) is 0 Å². The van der Waals surface area contributed by atoms with E-state index < -0.39 is 0 Å². The molecule has 0 saturated carbocycles. The molecule has 1 heterocycles. The van der Waals surface area contributed by atoms with Crippen LogP contribution in [0.2, 0.25) is 0 Å². The fourth-order valence-electron chi connectivity index (χ4n) is 2.05. The van der Waals surface area contributed by atoms with Crippen molar-refractivity contribution < 1.29 is 9.13 Å². The van der Waals surface area contributed by atoms with Crippen LogP contribution in [-0.2, 0) is 4.74 Å². The maximum absolute atomic E-state index is 12.8. The summed E-state index contributed by atoms with van der Waals surface area (Å²) in [7, 11) is 1.75. The van der Waals surface area contributed by atoms with E-state index in [1.54, 1.807) is 7.11 Å². The van der Waals surface area contributed by atoms with Crippen LogP contribution in [0.25, 0.3) is 0 Å². The van der Waals surface area contributed by atoms with Crippen LogP contribution in [0.1, 0.15) is 24.4 Å². The van der Waals surface area contributed by atoms with Gasteiger partial charge >= 0.3 is 0 Å². The minimum absolute atomic E-state index is 0.183. The molecule has 3 heteroatoms. The average molecular weight is 209 g/mol. The van der Waals surface area contributed by atoms with Gasteiger partial charge in [-0.25, -0.2) is 4.39 Å². The molecule has 0 bridgehead atoms. The van der Waals surface area contributed by atoms with Gasteiger partial charge in [0.25, 0.3) is 0 Å². The van der Waals surface area contributed by atoms with Gasteiger partial charge in [-0.15, -0.1) is 0 Å². The second-order valence-electron chi connectivity index (χ2n) is 3.94. The standard InChI is InChI=1S/C12H16FNO/c1-15-11-6-7-14-12(8-11)9-2-4-10(13)5-3-9/h2-5,11-12,14H,6-8H2,1H3/t11-,12+/m0/s1. The highest BCUT2D eigenvalue weighted by Gasteiger charge is 2.22. The molecule has 1 fully saturated rings. The molecule has 1 aliphatic heterocycles. The van der Waals surface area contributed by atoms with Gasteiger partial charge in [0.15, 0.2) is 0 Å². The molecule has 1 N–H and O–H groups in total. The maximum atomic E-state index is 12.8. The van der Waals surface area contributed by atoms with E-state index in [1.807, 2.05) is 12.1 Å². The first-order chi connectivity index (χ1) is 7.29. The predicted molar refractivity (Wildman–Crippen MR) is 57.2 cm³/mol. The molecule has 0 radical (unpaired) electrons. The van der Waals surface area contributed by atoms with E-state index in [-0.39, 0.29) is 5.82 Å². The largest absolute Gasteiger partial charge is 0.381 e. The molecule has 1 aromatic carbocycles. The number of rotatable bonds is 2. The lowest BCUT2D eigenvalue weighted by Gasteiger charge is -2.29. The number of hydrogen-bond acceptors (Lipinski definition) is 2. The Bertz CT molecular complexity index is 312. The zero-order valence-electron chi connectivity index (χ0n) is 8.87. The van der Waals surface area contributed by atoms with Crippen molar-refractivity contribution in [3.05, 3.63) is 35.6 Å². The van der Waals surface area contributed by atoms with E-state index in [0.717, 1.165) is 24.9 Å². The molecule has 1 aromatic rings. The molecule has 1 aliphatic rings. The van der Waals surface area contributed by atoms with E-state index in [4.69, 9.17) is 4.74 Å². The number of benzene rings is 1. The van der Waals surface area contributed by atoms with Crippen molar-refractivity contribution in [3.8, 4) is 0 Å². The lowest BCUT2D eigenvalue weighted by Crippen LogP contribution is -2.35. The Hall–Kier alpha value is -0.930. The van der Waals surface area contributed by atoms with Crippen molar-refractivity contribution in [2.75, 3.05) is 13.7 Å². The fourth-order valence-corrected chi connectivity index (χ4v) is 2.05. The van der Waals surface area contributed by atoms with Gasteiger partial charge in [0, 0.05) is 13.2 Å². The van der Waals surface area contributed by atoms with Crippen molar-refractivity contribution in [1.82, 2.24) is 5.32 Å². The Kier molecular flexibility index (Phi) is 3.34. The monoisotopic (exact) mass is 209 g/mol. The molecule has 0 unspecified atom stereocenters. The molecule has 0 amide bonds. The molecule has 0 aromatic heterocycles. The Balaban J connectivity index is 2.06. The third-order valence-corrected chi connectivity index (χ3v) is 2.96. The third kappa shape index (κ3) is 2.55. The first kappa shape index (κ1) is 10.6. The second kappa shape index (κ2) is 4.73. The van der Waals surface area contributed by atoms with Gasteiger partial charge in [0.05, 0.1) is 6.10 Å². The summed E-state index contributed by atoms with van der Waals surface area (Å²) in [6, 6.07) is 6.99. The van der Waals surface area contributed by atoms with E-state index in [1.165, 1.54) is 12.1 Å². The maximum Gasteiger partial charge on any atom is 0.123 e. The van der Waals surface area contributed by atoms with Gasteiger partial charge in [-0.1, -0.05) is 12.1 Å². The predicted octanol–water partition coefficient (Wildman–Crippen LogP) is 2.27. The molecule has 15 heavy (non-hydrogen) atoms. The van der Waals surface area contributed by atoms with Crippen molar-refractivity contribution in [3.63, 3.8) is 0 Å². The van der Waals surface area contributed by atoms with Crippen LogP contribution in [-0.4, -0.2) is 19.8 Å². The molecule has 0 aliphatic carbocycles. The van der Waals surface area contributed by atoms with Crippen LogP contribution in [0.15, 0.2) is 24.3 Å². The average Bonchev–Trinajstić information content (AvgIpc) is 2.30. The lowest BCUT2D eigenvalue weighted by atomic mass is 9.95.